The number of hydrogen-bond donors (Lipinski definition) is 1. The van der Waals surface area contributed by atoms with Gasteiger partial charge in [0.1, 0.15) is 11.9 Å². The van der Waals surface area contributed by atoms with Gasteiger partial charge in [-0.1, -0.05) is 0 Å². The fraction of sp³-hybridized carbons (Fsp3) is 0.462. The van der Waals surface area contributed by atoms with Crippen molar-refractivity contribution >= 4 is 5.69 Å². The summed E-state index contributed by atoms with van der Waals surface area (Å²) in [5.41, 5.74) is 0.808. The molecule has 1 aromatic carbocycles. The van der Waals surface area contributed by atoms with Crippen LogP contribution in [0.3, 0.4) is 0 Å². The molecule has 88 valence electrons. The fourth-order valence-corrected chi connectivity index (χ4v) is 2.70. The molecule has 3 rings (SSSR count). The zero-order chi connectivity index (χ0) is 11.8. The number of nitrogens with zero attached hydrogens (tertiary/aromatic N) is 1. The van der Waals surface area contributed by atoms with Gasteiger partial charge in [-0.25, -0.2) is 4.39 Å². The van der Waals surface area contributed by atoms with Gasteiger partial charge in [-0.15, -0.1) is 0 Å². The number of benzene rings is 1. The van der Waals surface area contributed by atoms with Crippen molar-refractivity contribution in [1.29, 1.82) is 5.26 Å². The van der Waals surface area contributed by atoms with E-state index >= 15 is 0 Å². The molecule has 2 saturated heterocycles. The zero-order valence-corrected chi connectivity index (χ0v) is 9.32. The zero-order valence-electron chi connectivity index (χ0n) is 9.32. The molecular weight excluding hydrogens is 219 g/mol. The lowest BCUT2D eigenvalue weighted by atomic mass is 9.95. The van der Waals surface area contributed by atoms with Crippen LogP contribution in [0.1, 0.15) is 24.8 Å². The first-order valence-corrected chi connectivity index (χ1v) is 5.88. The number of anilines is 1. The van der Waals surface area contributed by atoms with Crippen LogP contribution in [0.15, 0.2) is 18.2 Å². The summed E-state index contributed by atoms with van der Waals surface area (Å²) in [6.07, 6.45) is 3.86. The van der Waals surface area contributed by atoms with Crippen LogP contribution < -0.4 is 5.32 Å². The van der Waals surface area contributed by atoms with Crippen LogP contribution in [0.2, 0.25) is 0 Å². The maximum absolute atomic E-state index is 13.4. The molecule has 0 saturated carbocycles. The highest BCUT2D eigenvalue weighted by atomic mass is 19.1. The Hall–Kier alpha value is -1.60. The average molecular weight is 232 g/mol. The van der Waals surface area contributed by atoms with Crippen LogP contribution in [0.5, 0.6) is 0 Å². The second-order valence-electron chi connectivity index (χ2n) is 4.67. The van der Waals surface area contributed by atoms with Gasteiger partial charge in [0, 0.05) is 5.69 Å². The normalized spacial score (nSPS) is 30.2. The molecule has 0 aliphatic carbocycles. The van der Waals surface area contributed by atoms with E-state index in [0.717, 1.165) is 24.9 Å². The van der Waals surface area contributed by atoms with Crippen LogP contribution in [0, 0.1) is 17.1 Å². The first-order chi connectivity index (χ1) is 8.26. The summed E-state index contributed by atoms with van der Waals surface area (Å²) in [5.74, 6) is -0.471. The Morgan fingerprint density at radius 2 is 2.29 bits per heavy atom. The summed E-state index contributed by atoms with van der Waals surface area (Å²) < 4.78 is 19.1. The molecule has 0 spiro atoms. The summed E-state index contributed by atoms with van der Waals surface area (Å²) in [6, 6.07) is 6.72. The summed E-state index contributed by atoms with van der Waals surface area (Å²) in [5, 5.41) is 11.9. The van der Waals surface area contributed by atoms with E-state index in [1.165, 1.54) is 12.1 Å². The quantitative estimate of drug-likeness (QED) is 0.851. The standard InChI is InChI=1S/C13H13FN2O/c14-11-5-9(2-1-8(11)7-15)16-12-6-10-3-4-13(12)17-10/h1-2,5,10,12-13,16H,3-4,6H2. The monoisotopic (exact) mass is 232 g/mol. The van der Waals surface area contributed by atoms with Crippen molar-refractivity contribution in [3.8, 4) is 6.07 Å². The summed E-state index contributed by atoms with van der Waals surface area (Å²) >= 11 is 0. The Morgan fingerprint density at radius 1 is 1.41 bits per heavy atom. The lowest BCUT2D eigenvalue weighted by Crippen LogP contribution is -2.30. The number of halogens is 1. The van der Waals surface area contributed by atoms with E-state index < -0.39 is 5.82 Å². The number of hydrogen-bond acceptors (Lipinski definition) is 3. The maximum atomic E-state index is 13.4. The van der Waals surface area contributed by atoms with Crippen LogP contribution in [0.25, 0.3) is 0 Å². The SMILES string of the molecule is N#Cc1ccc(NC2CC3CCC2O3)cc1F. The predicted molar refractivity (Wildman–Crippen MR) is 61.0 cm³/mol. The van der Waals surface area contributed by atoms with E-state index in [9.17, 15) is 4.39 Å². The van der Waals surface area contributed by atoms with Gasteiger partial charge in [-0.2, -0.15) is 5.26 Å². The van der Waals surface area contributed by atoms with E-state index in [4.69, 9.17) is 10.00 Å². The molecule has 2 aliphatic heterocycles. The molecule has 0 amide bonds. The highest BCUT2D eigenvalue weighted by Crippen LogP contribution is 2.36. The lowest BCUT2D eigenvalue weighted by Gasteiger charge is -2.21. The van der Waals surface area contributed by atoms with Crippen molar-refractivity contribution in [1.82, 2.24) is 0 Å². The third kappa shape index (κ3) is 1.87. The van der Waals surface area contributed by atoms with Crippen LogP contribution in [0.4, 0.5) is 10.1 Å². The van der Waals surface area contributed by atoms with Crippen molar-refractivity contribution in [2.75, 3.05) is 5.32 Å². The number of nitriles is 1. The molecule has 1 N–H and O–H groups in total. The van der Waals surface area contributed by atoms with Crippen molar-refractivity contribution in [2.24, 2.45) is 0 Å². The van der Waals surface area contributed by atoms with Crippen molar-refractivity contribution in [3.05, 3.63) is 29.6 Å². The van der Waals surface area contributed by atoms with Gasteiger partial charge in [0.2, 0.25) is 0 Å². The molecule has 0 radical (unpaired) electrons. The number of fused-ring (bicyclic) bond motifs is 2. The second-order valence-corrected chi connectivity index (χ2v) is 4.67. The molecule has 17 heavy (non-hydrogen) atoms. The van der Waals surface area contributed by atoms with Crippen molar-refractivity contribution in [2.45, 2.75) is 37.5 Å². The average Bonchev–Trinajstić information content (AvgIpc) is 2.91. The molecule has 2 bridgehead atoms. The van der Waals surface area contributed by atoms with Crippen LogP contribution in [-0.4, -0.2) is 18.2 Å². The number of ether oxygens (including phenoxy) is 1. The minimum absolute atomic E-state index is 0.0831. The molecule has 3 nitrogen and oxygen atoms in total. The van der Waals surface area contributed by atoms with E-state index in [2.05, 4.69) is 5.32 Å². The fourth-order valence-electron chi connectivity index (χ4n) is 2.70. The minimum atomic E-state index is -0.471. The van der Waals surface area contributed by atoms with Gasteiger partial charge in [0.05, 0.1) is 23.8 Å². The summed E-state index contributed by atoms with van der Waals surface area (Å²) in [7, 11) is 0. The molecule has 2 aliphatic rings. The van der Waals surface area contributed by atoms with E-state index in [1.54, 1.807) is 6.07 Å². The third-order valence-corrected chi connectivity index (χ3v) is 3.55. The van der Waals surface area contributed by atoms with Crippen molar-refractivity contribution < 1.29 is 9.13 Å². The Labute approximate surface area is 99.2 Å². The van der Waals surface area contributed by atoms with Gasteiger partial charge in [-0.05, 0) is 37.5 Å². The van der Waals surface area contributed by atoms with E-state index in [1.807, 2.05) is 6.07 Å². The van der Waals surface area contributed by atoms with Gasteiger partial charge in [0.15, 0.2) is 0 Å². The minimum Gasteiger partial charge on any atom is -0.380 e. The van der Waals surface area contributed by atoms with Gasteiger partial charge in [-0.3, -0.25) is 0 Å². The molecule has 3 atom stereocenters. The van der Waals surface area contributed by atoms with E-state index in [0.29, 0.717) is 6.10 Å². The van der Waals surface area contributed by atoms with Gasteiger partial charge < -0.3 is 10.1 Å². The Bertz CT molecular complexity index is 483. The summed E-state index contributed by atoms with van der Waals surface area (Å²) in [6.45, 7) is 0. The first-order valence-electron chi connectivity index (χ1n) is 5.88. The first kappa shape index (κ1) is 10.5. The van der Waals surface area contributed by atoms with Gasteiger partial charge in [0.25, 0.3) is 0 Å². The molecular formula is C13H13FN2O. The largest absolute Gasteiger partial charge is 0.380 e. The molecule has 2 heterocycles. The molecule has 2 fully saturated rings. The Morgan fingerprint density at radius 3 is 2.88 bits per heavy atom. The van der Waals surface area contributed by atoms with Crippen molar-refractivity contribution in [3.63, 3.8) is 0 Å². The predicted octanol–water partition coefficient (Wildman–Crippen LogP) is 2.43. The molecule has 3 unspecified atom stereocenters. The third-order valence-electron chi connectivity index (χ3n) is 3.55. The molecule has 0 aromatic heterocycles. The highest BCUT2D eigenvalue weighted by Gasteiger charge is 2.40. The van der Waals surface area contributed by atoms with Gasteiger partial charge >= 0.3 is 0 Å². The smallest absolute Gasteiger partial charge is 0.143 e. The molecule has 4 heteroatoms. The van der Waals surface area contributed by atoms with Crippen LogP contribution in [-0.2, 0) is 4.74 Å². The topological polar surface area (TPSA) is 45.0 Å². The second kappa shape index (κ2) is 4.01. The summed E-state index contributed by atoms with van der Waals surface area (Å²) in [4.78, 5) is 0. The van der Waals surface area contributed by atoms with Crippen LogP contribution >= 0.6 is 0 Å². The highest BCUT2D eigenvalue weighted by molar-refractivity contribution is 5.49. The number of rotatable bonds is 2. The maximum Gasteiger partial charge on any atom is 0.143 e. The van der Waals surface area contributed by atoms with E-state index in [-0.39, 0.29) is 17.7 Å². The molecule has 1 aromatic rings. The Kier molecular flexibility index (Phi) is 2.49. The Balaban J connectivity index is 1.74. The lowest BCUT2D eigenvalue weighted by molar-refractivity contribution is 0.102. The number of nitrogens with one attached hydrogen (secondary N) is 1.